The number of aryl methyl sites for hydroxylation is 1. The van der Waals surface area contributed by atoms with Gasteiger partial charge >= 0.3 is 0 Å². The molecule has 7 heteroatoms. The first-order chi connectivity index (χ1) is 8.69. The highest BCUT2D eigenvalue weighted by molar-refractivity contribution is 7.98. The Kier molecular flexibility index (Phi) is 4.35. The van der Waals surface area contributed by atoms with Crippen molar-refractivity contribution in [2.24, 2.45) is 5.84 Å². The van der Waals surface area contributed by atoms with Crippen molar-refractivity contribution in [1.29, 1.82) is 0 Å². The molecule has 0 fully saturated rings. The molecule has 0 saturated heterocycles. The number of nitrogens with one attached hydrogen (secondary N) is 1. The van der Waals surface area contributed by atoms with Gasteiger partial charge in [0.1, 0.15) is 5.82 Å². The van der Waals surface area contributed by atoms with Crippen LogP contribution in [0.15, 0.2) is 29.6 Å². The summed E-state index contributed by atoms with van der Waals surface area (Å²) in [4.78, 5) is 12.8. The molecule has 0 radical (unpaired) electrons. The Hall–Kier alpha value is -1.37. The van der Waals surface area contributed by atoms with Gasteiger partial charge in [0.25, 0.3) is 0 Å². The van der Waals surface area contributed by atoms with Gasteiger partial charge in [-0.25, -0.2) is 20.8 Å². The molecule has 3 N–H and O–H groups in total. The second-order valence-electron chi connectivity index (χ2n) is 3.54. The van der Waals surface area contributed by atoms with E-state index in [0.717, 1.165) is 11.4 Å². The maximum absolute atomic E-state index is 6.07. The average molecular weight is 282 g/mol. The van der Waals surface area contributed by atoms with Gasteiger partial charge in [-0.15, -0.1) is 0 Å². The monoisotopic (exact) mass is 281 g/mol. The highest BCUT2D eigenvalue weighted by Crippen LogP contribution is 2.24. The number of nitrogens with two attached hydrogens (primary N) is 1. The second kappa shape index (κ2) is 5.99. The summed E-state index contributed by atoms with van der Waals surface area (Å²) in [5.74, 6) is 6.49. The number of hydrazine groups is 1. The van der Waals surface area contributed by atoms with E-state index in [2.05, 4.69) is 20.4 Å². The third-order valence-electron chi connectivity index (χ3n) is 2.18. The molecule has 0 amide bonds. The number of hydrogen-bond acceptors (Lipinski definition) is 6. The minimum absolute atomic E-state index is 0.583. The molecule has 0 spiro atoms. The van der Waals surface area contributed by atoms with E-state index in [1.165, 1.54) is 11.8 Å². The lowest BCUT2D eigenvalue weighted by molar-refractivity contribution is 0.930. The maximum Gasteiger partial charge on any atom is 0.188 e. The quantitative estimate of drug-likeness (QED) is 0.388. The van der Waals surface area contributed by atoms with E-state index in [1.807, 2.05) is 13.0 Å². The molecule has 0 aromatic carbocycles. The third kappa shape index (κ3) is 3.32. The number of anilines is 1. The summed E-state index contributed by atoms with van der Waals surface area (Å²) in [6.45, 7) is 1.93. The van der Waals surface area contributed by atoms with Crippen LogP contribution in [-0.4, -0.2) is 15.0 Å². The number of halogens is 1. The highest BCUT2D eigenvalue weighted by Gasteiger charge is 2.06. The first-order valence-electron chi connectivity index (χ1n) is 5.23. The number of hydrogen-bond donors (Lipinski definition) is 2. The Labute approximate surface area is 114 Å². The SMILES string of the molecule is Cc1ccnc(SCc2nc(NN)ccc2Cl)n1. The summed E-state index contributed by atoms with van der Waals surface area (Å²) < 4.78 is 0. The first-order valence-corrected chi connectivity index (χ1v) is 6.60. The molecule has 2 aromatic heterocycles. The summed E-state index contributed by atoms with van der Waals surface area (Å²) in [7, 11) is 0. The van der Waals surface area contributed by atoms with Crippen molar-refractivity contribution in [3.63, 3.8) is 0 Å². The lowest BCUT2D eigenvalue weighted by Crippen LogP contribution is -2.09. The minimum atomic E-state index is 0.583. The highest BCUT2D eigenvalue weighted by atomic mass is 35.5. The first kappa shape index (κ1) is 13.1. The fourth-order valence-electron chi connectivity index (χ4n) is 1.29. The number of thioether (sulfide) groups is 1. The van der Waals surface area contributed by atoms with E-state index >= 15 is 0 Å². The summed E-state index contributed by atoms with van der Waals surface area (Å²) >= 11 is 7.55. The van der Waals surface area contributed by atoms with E-state index in [1.54, 1.807) is 18.3 Å². The van der Waals surface area contributed by atoms with Crippen molar-refractivity contribution < 1.29 is 0 Å². The van der Waals surface area contributed by atoms with Crippen molar-refractivity contribution in [3.05, 3.63) is 40.8 Å². The van der Waals surface area contributed by atoms with Crippen LogP contribution in [0.2, 0.25) is 5.02 Å². The number of aromatic nitrogens is 3. The van der Waals surface area contributed by atoms with E-state index in [0.29, 0.717) is 21.7 Å². The molecule has 0 bridgehead atoms. The van der Waals surface area contributed by atoms with Crippen LogP contribution in [0.1, 0.15) is 11.4 Å². The van der Waals surface area contributed by atoms with Crippen molar-refractivity contribution >= 4 is 29.2 Å². The molecule has 2 rings (SSSR count). The minimum Gasteiger partial charge on any atom is -0.308 e. The van der Waals surface area contributed by atoms with E-state index in [9.17, 15) is 0 Å². The van der Waals surface area contributed by atoms with Gasteiger partial charge in [-0.05, 0) is 25.1 Å². The molecule has 0 saturated carbocycles. The van der Waals surface area contributed by atoms with Crippen LogP contribution >= 0.6 is 23.4 Å². The average Bonchev–Trinajstić information content (AvgIpc) is 2.38. The van der Waals surface area contributed by atoms with Gasteiger partial charge < -0.3 is 5.43 Å². The predicted molar refractivity (Wildman–Crippen MR) is 73.4 cm³/mol. The summed E-state index contributed by atoms with van der Waals surface area (Å²) in [5.41, 5.74) is 4.18. The zero-order valence-electron chi connectivity index (χ0n) is 9.72. The molecule has 0 unspecified atom stereocenters. The molecule has 2 aromatic rings. The molecule has 0 aliphatic heterocycles. The summed E-state index contributed by atoms with van der Waals surface area (Å²) in [6, 6.07) is 5.34. The van der Waals surface area contributed by atoms with E-state index < -0.39 is 0 Å². The van der Waals surface area contributed by atoms with Crippen LogP contribution in [0.4, 0.5) is 5.82 Å². The molecule has 0 aliphatic carbocycles. The number of nitrogen functional groups attached to an aromatic ring is 1. The van der Waals surface area contributed by atoms with Crippen molar-refractivity contribution in [2.45, 2.75) is 17.8 Å². The summed E-state index contributed by atoms with van der Waals surface area (Å²) in [5, 5.41) is 1.31. The Bertz CT molecular complexity index is 549. The number of pyridine rings is 1. The van der Waals surface area contributed by atoms with Gasteiger partial charge in [0.15, 0.2) is 5.16 Å². The van der Waals surface area contributed by atoms with Crippen molar-refractivity contribution in [3.8, 4) is 0 Å². The van der Waals surface area contributed by atoms with Gasteiger partial charge in [-0.1, -0.05) is 23.4 Å². The van der Waals surface area contributed by atoms with Crippen LogP contribution in [0.5, 0.6) is 0 Å². The Morgan fingerprint density at radius 1 is 1.33 bits per heavy atom. The van der Waals surface area contributed by atoms with Gasteiger partial charge in [-0.2, -0.15) is 0 Å². The largest absolute Gasteiger partial charge is 0.308 e. The fraction of sp³-hybridized carbons (Fsp3) is 0.182. The zero-order valence-corrected chi connectivity index (χ0v) is 11.3. The molecule has 0 aliphatic rings. The van der Waals surface area contributed by atoms with E-state index in [4.69, 9.17) is 17.4 Å². The van der Waals surface area contributed by atoms with Crippen LogP contribution in [0.25, 0.3) is 0 Å². The second-order valence-corrected chi connectivity index (χ2v) is 4.89. The van der Waals surface area contributed by atoms with Crippen LogP contribution < -0.4 is 11.3 Å². The number of nitrogens with zero attached hydrogens (tertiary/aromatic N) is 3. The molecule has 18 heavy (non-hydrogen) atoms. The van der Waals surface area contributed by atoms with Gasteiger partial charge in [0.05, 0.1) is 10.7 Å². The maximum atomic E-state index is 6.07. The van der Waals surface area contributed by atoms with Gasteiger partial charge in [0, 0.05) is 17.6 Å². The standard InChI is InChI=1S/C11H12ClN5S/c1-7-4-5-14-11(15-7)18-6-9-8(12)2-3-10(16-9)17-13/h2-5H,6,13H2,1H3,(H,16,17). The predicted octanol–water partition coefficient (Wildman–Crippen LogP) is 2.41. The summed E-state index contributed by atoms with van der Waals surface area (Å²) in [6.07, 6.45) is 1.73. The Balaban J connectivity index is 2.10. The number of rotatable bonds is 4. The lowest BCUT2D eigenvalue weighted by atomic mass is 10.4. The van der Waals surface area contributed by atoms with Gasteiger partial charge in [0.2, 0.25) is 0 Å². The van der Waals surface area contributed by atoms with Crippen molar-refractivity contribution in [2.75, 3.05) is 5.43 Å². The van der Waals surface area contributed by atoms with Crippen LogP contribution in [0, 0.1) is 6.92 Å². The molecule has 5 nitrogen and oxygen atoms in total. The van der Waals surface area contributed by atoms with Gasteiger partial charge in [-0.3, -0.25) is 0 Å². The fourth-order valence-corrected chi connectivity index (χ4v) is 2.38. The smallest absolute Gasteiger partial charge is 0.188 e. The van der Waals surface area contributed by atoms with Crippen molar-refractivity contribution in [1.82, 2.24) is 15.0 Å². The Morgan fingerprint density at radius 3 is 2.89 bits per heavy atom. The van der Waals surface area contributed by atoms with Crippen LogP contribution in [0.3, 0.4) is 0 Å². The molecular formula is C11H12ClN5S. The third-order valence-corrected chi connectivity index (χ3v) is 3.39. The lowest BCUT2D eigenvalue weighted by Gasteiger charge is -2.05. The molecule has 2 heterocycles. The topological polar surface area (TPSA) is 76.7 Å². The van der Waals surface area contributed by atoms with Crippen LogP contribution in [-0.2, 0) is 5.75 Å². The van der Waals surface area contributed by atoms with E-state index in [-0.39, 0.29) is 0 Å². The Morgan fingerprint density at radius 2 is 2.17 bits per heavy atom. The normalized spacial score (nSPS) is 10.4. The zero-order chi connectivity index (χ0) is 13.0. The molecule has 94 valence electrons. The molecular weight excluding hydrogens is 270 g/mol. The molecule has 0 atom stereocenters.